The molecule has 120 valence electrons. The number of nitrogens with zero attached hydrogens (tertiary/aromatic N) is 1. The molecule has 2 amide bonds. The van der Waals surface area contributed by atoms with E-state index in [1.54, 1.807) is 29.2 Å². The maximum absolute atomic E-state index is 12.6. The zero-order chi connectivity index (χ0) is 17.0. The van der Waals surface area contributed by atoms with E-state index in [0.29, 0.717) is 17.7 Å². The maximum Gasteiger partial charge on any atom is 0.488 e. The molecule has 0 spiro atoms. The topological polar surface area (TPSA) is 72.8 Å². The molecule has 0 saturated heterocycles. The van der Waals surface area contributed by atoms with Crippen LogP contribution in [0, 0.1) is 13.8 Å². The van der Waals surface area contributed by atoms with Gasteiger partial charge in [0.2, 0.25) is 0 Å². The van der Waals surface area contributed by atoms with Crippen molar-refractivity contribution in [2.24, 2.45) is 0 Å². The summed E-state index contributed by atoms with van der Waals surface area (Å²) in [6, 6.07) is 12.2. The van der Waals surface area contributed by atoms with Crippen LogP contribution in [0.25, 0.3) is 0 Å². The van der Waals surface area contributed by atoms with Crippen molar-refractivity contribution in [1.29, 1.82) is 0 Å². The van der Waals surface area contributed by atoms with Gasteiger partial charge < -0.3 is 15.4 Å². The Morgan fingerprint density at radius 3 is 2.52 bits per heavy atom. The van der Waals surface area contributed by atoms with E-state index >= 15 is 0 Å². The number of benzene rings is 2. The lowest BCUT2D eigenvalue weighted by Crippen LogP contribution is -2.37. The maximum atomic E-state index is 12.6. The van der Waals surface area contributed by atoms with E-state index in [2.05, 4.69) is 5.32 Å². The summed E-state index contributed by atoms with van der Waals surface area (Å²) in [5.41, 5.74) is 3.85. The van der Waals surface area contributed by atoms with Gasteiger partial charge in [0.15, 0.2) is 0 Å². The second-order valence-corrected chi connectivity index (χ2v) is 5.46. The fourth-order valence-corrected chi connectivity index (χ4v) is 2.43. The average Bonchev–Trinajstić information content (AvgIpc) is 2.51. The Morgan fingerprint density at radius 2 is 1.91 bits per heavy atom. The van der Waals surface area contributed by atoms with Crippen molar-refractivity contribution in [3.8, 4) is 0 Å². The summed E-state index contributed by atoms with van der Waals surface area (Å²) in [4.78, 5) is 14.1. The number of hydrogen-bond donors (Lipinski definition) is 3. The van der Waals surface area contributed by atoms with E-state index in [0.717, 1.165) is 16.8 Å². The van der Waals surface area contributed by atoms with Gasteiger partial charge in [-0.1, -0.05) is 29.8 Å². The van der Waals surface area contributed by atoms with Crippen LogP contribution in [0.5, 0.6) is 0 Å². The van der Waals surface area contributed by atoms with Crippen LogP contribution in [0.3, 0.4) is 0 Å². The summed E-state index contributed by atoms with van der Waals surface area (Å²) >= 11 is 0. The lowest BCUT2D eigenvalue weighted by atomic mass is 9.80. The zero-order valence-corrected chi connectivity index (χ0v) is 13.6. The smallest absolute Gasteiger partial charge is 0.423 e. The molecule has 0 aliphatic rings. The van der Waals surface area contributed by atoms with Gasteiger partial charge in [0.05, 0.1) is 0 Å². The Bertz CT molecular complexity index is 704. The van der Waals surface area contributed by atoms with Crippen molar-refractivity contribution in [1.82, 2.24) is 0 Å². The van der Waals surface area contributed by atoms with Crippen LogP contribution in [0.1, 0.15) is 18.1 Å². The molecule has 2 aromatic carbocycles. The molecule has 0 saturated carbocycles. The molecule has 0 radical (unpaired) electrons. The number of aryl methyl sites for hydroxylation is 2. The minimum absolute atomic E-state index is 0.260. The SMILES string of the molecule is CCN(C(=O)Nc1ccc(C)cc1C)c1cccc(B(O)O)c1. The van der Waals surface area contributed by atoms with Crippen LogP contribution < -0.4 is 15.7 Å². The van der Waals surface area contributed by atoms with E-state index in [-0.39, 0.29) is 6.03 Å². The third-order valence-electron chi connectivity index (χ3n) is 3.66. The summed E-state index contributed by atoms with van der Waals surface area (Å²) < 4.78 is 0. The van der Waals surface area contributed by atoms with Gasteiger partial charge in [0.1, 0.15) is 0 Å². The van der Waals surface area contributed by atoms with Gasteiger partial charge in [-0.2, -0.15) is 0 Å². The molecule has 0 aliphatic carbocycles. The van der Waals surface area contributed by atoms with Crippen molar-refractivity contribution in [2.75, 3.05) is 16.8 Å². The molecule has 0 aromatic heterocycles. The highest BCUT2D eigenvalue weighted by Crippen LogP contribution is 2.19. The Labute approximate surface area is 136 Å². The van der Waals surface area contributed by atoms with E-state index < -0.39 is 7.12 Å². The van der Waals surface area contributed by atoms with Crippen LogP contribution in [-0.2, 0) is 0 Å². The molecule has 23 heavy (non-hydrogen) atoms. The fraction of sp³-hybridized carbons (Fsp3) is 0.235. The summed E-state index contributed by atoms with van der Waals surface area (Å²) in [5.74, 6) is 0. The highest BCUT2D eigenvalue weighted by Gasteiger charge is 2.17. The lowest BCUT2D eigenvalue weighted by molar-refractivity contribution is 0.257. The standard InChI is InChI=1S/C17H21BN2O3/c1-4-20(15-7-5-6-14(11-15)18(22)23)17(21)19-16-9-8-12(2)10-13(16)3/h5-11,22-23H,4H2,1-3H3,(H,19,21). The van der Waals surface area contributed by atoms with E-state index in [1.165, 1.54) is 0 Å². The summed E-state index contributed by atoms with van der Waals surface area (Å²) in [7, 11) is -1.56. The van der Waals surface area contributed by atoms with Gasteiger partial charge in [-0.25, -0.2) is 4.79 Å². The molecule has 0 bridgehead atoms. The number of nitrogens with one attached hydrogen (secondary N) is 1. The number of hydrogen-bond acceptors (Lipinski definition) is 3. The van der Waals surface area contributed by atoms with Crippen molar-refractivity contribution in [3.05, 3.63) is 53.6 Å². The predicted octanol–water partition coefficient (Wildman–Crippen LogP) is 2.04. The molecular formula is C17H21BN2O3. The lowest BCUT2D eigenvalue weighted by Gasteiger charge is -2.23. The van der Waals surface area contributed by atoms with E-state index in [1.807, 2.05) is 39.0 Å². The van der Waals surface area contributed by atoms with E-state index in [9.17, 15) is 14.8 Å². The third kappa shape index (κ3) is 4.12. The molecule has 0 unspecified atom stereocenters. The largest absolute Gasteiger partial charge is 0.488 e. The quantitative estimate of drug-likeness (QED) is 0.757. The summed E-state index contributed by atoms with van der Waals surface area (Å²) in [6.07, 6.45) is 0. The molecular weight excluding hydrogens is 291 g/mol. The van der Waals surface area contributed by atoms with Gasteiger partial charge in [-0.15, -0.1) is 0 Å². The van der Waals surface area contributed by atoms with Crippen molar-refractivity contribution in [3.63, 3.8) is 0 Å². The molecule has 6 heteroatoms. The van der Waals surface area contributed by atoms with Gasteiger partial charge >= 0.3 is 13.1 Å². The molecule has 3 N–H and O–H groups in total. The second-order valence-electron chi connectivity index (χ2n) is 5.46. The molecule has 0 fully saturated rings. The Kier molecular flexibility index (Phi) is 5.42. The second kappa shape index (κ2) is 7.31. The first-order valence-corrected chi connectivity index (χ1v) is 7.54. The van der Waals surface area contributed by atoms with Gasteiger partial charge in [0, 0.05) is 17.9 Å². The zero-order valence-electron chi connectivity index (χ0n) is 13.6. The number of anilines is 2. The minimum Gasteiger partial charge on any atom is -0.423 e. The first-order valence-electron chi connectivity index (χ1n) is 7.54. The number of rotatable bonds is 4. The Hall–Kier alpha value is -2.31. The summed E-state index contributed by atoms with van der Waals surface area (Å²) in [5, 5.41) is 21.4. The van der Waals surface area contributed by atoms with Crippen LogP contribution in [0.2, 0.25) is 0 Å². The molecule has 2 rings (SSSR count). The highest BCUT2D eigenvalue weighted by atomic mass is 16.4. The van der Waals surface area contributed by atoms with Crippen molar-refractivity contribution in [2.45, 2.75) is 20.8 Å². The van der Waals surface area contributed by atoms with Crippen LogP contribution in [0.15, 0.2) is 42.5 Å². The highest BCUT2D eigenvalue weighted by molar-refractivity contribution is 6.58. The molecule has 0 aliphatic heterocycles. The van der Waals surface area contributed by atoms with Crippen molar-refractivity contribution < 1.29 is 14.8 Å². The average molecular weight is 312 g/mol. The van der Waals surface area contributed by atoms with Crippen LogP contribution in [-0.4, -0.2) is 29.7 Å². The molecule has 0 heterocycles. The predicted molar refractivity (Wildman–Crippen MR) is 94.2 cm³/mol. The molecule has 0 atom stereocenters. The van der Waals surface area contributed by atoms with Crippen LogP contribution in [0.4, 0.5) is 16.2 Å². The molecule has 2 aromatic rings. The Balaban J connectivity index is 2.23. The minimum atomic E-state index is -1.56. The third-order valence-corrected chi connectivity index (χ3v) is 3.66. The Morgan fingerprint density at radius 1 is 1.17 bits per heavy atom. The van der Waals surface area contributed by atoms with Gasteiger partial charge in [0.25, 0.3) is 0 Å². The van der Waals surface area contributed by atoms with Gasteiger partial charge in [-0.3, -0.25) is 4.90 Å². The fourth-order valence-electron chi connectivity index (χ4n) is 2.43. The monoisotopic (exact) mass is 312 g/mol. The number of amides is 2. The van der Waals surface area contributed by atoms with Crippen molar-refractivity contribution >= 4 is 30.0 Å². The first-order chi connectivity index (χ1) is 10.9. The van der Waals surface area contributed by atoms with Crippen LogP contribution >= 0.6 is 0 Å². The first kappa shape index (κ1) is 17.1. The molecule has 5 nitrogen and oxygen atoms in total. The summed E-state index contributed by atoms with van der Waals surface area (Å²) in [6.45, 7) is 6.27. The normalized spacial score (nSPS) is 10.3. The van der Waals surface area contributed by atoms with Gasteiger partial charge in [-0.05, 0) is 50.0 Å². The number of carbonyl (C=O) groups is 1. The number of urea groups is 1. The van der Waals surface area contributed by atoms with E-state index in [4.69, 9.17) is 0 Å². The number of carbonyl (C=O) groups excluding carboxylic acids is 1.